The van der Waals surface area contributed by atoms with E-state index in [9.17, 15) is 41.1 Å². The third-order valence-electron chi connectivity index (χ3n) is 4.01. The largest absolute Gasteiger partial charge is 0.418 e. The lowest BCUT2D eigenvalue weighted by Gasteiger charge is -2.13. The van der Waals surface area contributed by atoms with Gasteiger partial charge in [0.1, 0.15) is 6.61 Å². The summed E-state index contributed by atoms with van der Waals surface area (Å²) in [5.41, 5.74) is 0. The summed E-state index contributed by atoms with van der Waals surface area (Å²) in [6, 6.07) is 0. The number of imide groups is 1. The third kappa shape index (κ3) is 7.05. The second-order valence-corrected chi connectivity index (χ2v) is 6.30. The summed E-state index contributed by atoms with van der Waals surface area (Å²) in [6.07, 6.45) is 2.12. The normalized spacial score (nSPS) is 13.1. The Morgan fingerprint density at radius 2 is 1.36 bits per heavy atom. The Hall–Kier alpha value is -3.39. The van der Waals surface area contributed by atoms with E-state index in [1.165, 1.54) is 0 Å². The van der Waals surface area contributed by atoms with Crippen molar-refractivity contribution in [1.82, 2.24) is 10.2 Å². The van der Waals surface area contributed by atoms with Crippen LogP contribution >= 0.6 is 0 Å². The van der Waals surface area contributed by atoms with Crippen LogP contribution in [-0.4, -0.2) is 68.1 Å². The van der Waals surface area contributed by atoms with Crippen molar-refractivity contribution in [3.8, 4) is 5.75 Å². The molecule has 0 bridgehead atoms. The van der Waals surface area contributed by atoms with Crippen molar-refractivity contribution in [2.75, 3.05) is 39.5 Å². The number of benzene rings is 1. The number of carbonyl (C=O) groups excluding carboxylic acids is 4. The summed E-state index contributed by atoms with van der Waals surface area (Å²) in [5.74, 6) is -16.0. The first-order chi connectivity index (χ1) is 15.6. The van der Waals surface area contributed by atoms with Crippen molar-refractivity contribution in [3.63, 3.8) is 0 Å². The summed E-state index contributed by atoms with van der Waals surface area (Å²) in [7, 11) is 0. The minimum absolute atomic E-state index is 0.0488. The summed E-state index contributed by atoms with van der Waals surface area (Å²) in [4.78, 5) is 46.7. The molecular weight excluding hydrogens is 463 g/mol. The van der Waals surface area contributed by atoms with E-state index in [4.69, 9.17) is 9.47 Å². The average molecular weight is 480 g/mol. The molecular formula is C19H17F5N2O7. The maximum Gasteiger partial charge on any atom is 0.337 e. The van der Waals surface area contributed by atoms with Gasteiger partial charge >= 0.3 is 5.97 Å². The van der Waals surface area contributed by atoms with Crippen LogP contribution in [0.2, 0.25) is 0 Å². The highest BCUT2D eigenvalue weighted by molar-refractivity contribution is 6.13. The molecule has 0 radical (unpaired) electrons. The summed E-state index contributed by atoms with van der Waals surface area (Å²) in [6.45, 7) is -1.02. The lowest BCUT2D eigenvalue weighted by atomic mass is 10.2. The molecule has 0 saturated heterocycles. The second kappa shape index (κ2) is 12.0. The zero-order valence-corrected chi connectivity index (χ0v) is 16.8. The van der Waals surface area contributed by atoms with Crippen molar-refractivity contribution >= 4 is 23.7 Å². The fourth-order valence-electron chi connectivity index (χ4n) is 2.41. The molecule has 1 aliphatic heterocycles. The molecule has 3 amide bonds. The SMILES string of the molecule is O=C(CCN1C(=O)C=CC1=O)NCCOCCOCC(=O)Oc1c(F)c(F)c(F)c(F)c1F. The molecule has 0 atom stereocenters. The van der Waals surface area contributed by atoms with E-state index in [2.05, 4.69) is 10.1 Å². The van der Waals surface area contributed by atoms with E-state index < -0.39 is 65.1 Å². The minimum atomic E-state index is -2.39. The molecule has 1 aromatic rings. The molecule has 1 aliphatic rings. The van der Waals surface area contributed by atoms with Crippen molar-refractivity contribution in [3.05, 3.63) is 41.2 Å². The number of esters is 1. The number of halogens is 5. The number of ether oxygens (including phenoxy) is 3. The molecule has 1 N–H and O–H groups in total. The number of rotatable bonds is 12. The molecule has 9 nitrogen and oxygen atoms in total. The molecule has 0 unspecified atom stereocenters. The van der Waals surface area contributed by atoms with Gasteiger partial charge in [-0.3, -0.25) is 19.3 Å². The fourth-order valence-corrected chi connectivity index (χ4v) is 2.41. The molecule has 0 aliphatic carbocycles. The van der Waals surface area contributed by atoms with E-state index in [0.29, 0.717) is 0 Å². The molecule has 2 rings (SSSR count). The van der Waals surface area contributed by atoms with Crippen LogP contribution in [0.4, 0.5) is 22.0 Å². The number of nitrogens with one attached hydrogen (secondary N) is 1. The lowest BCUT2D eigenvalue weighted by molar-refractivity contribution is -0.141. The second-order valence-electron chi connectivity index (χ2n) is 6.30. The number of amides is 3. The summed E-state index contributed by atoms with van der Waals surface area (Å²) in [5, 5.41) is 2.49. The van der Waals surface area contributed by atoms with Crippen molar-refractivity contribution < 1.29 is 55.3 Å². The fraction of sp³-hybridized carbons (Fsp3) is 0.368. The standard InChI is InChI=1S/C19H17F5N2O7/c20-14-15(21)17(23)19(18(24)16(14)22)33-13(30)9-32-8-7-31-6-4-25-10(27)3-5-26-11(28)1-2-12(26)29/h1-2H,3-9H2,(H,25,27). The van der Waals surface area contributed by atoms with Gasteiger partial charge in [-0.15, -0.1) is 0 Å². The van der Waals surface area contributed by atoms with Crippen LogP contribution in [0.1, 0.15) is 6.42 Å². The lowest BCUT2D eigenvalue weighted by Crippen LogP contribution is -2.35. The maximum absolute atomic E-state index is 13.4. The number of hydrogen-bond acceptors (Lipinski definition) is 7. The summed E-state index contributed by atoms with van der Waals surface area (Å²) >= 11 is 0. The molecule has 1 heterocycles. The van der Waals surface area contributed by atoms with Gasteiger partial charge in [0.25, 0.3) is 11.8 Å². The maximum atomic E-state index is 13.4. The highest BCUT2D eigenvalue weighted by Gasteiger charge is 2.28. The number of nitrogens with zero attached hydrogens (tertiary/aromatic N) is 1. The quantitative estimate of drug-likeness (QED) is 0.0894. The Morgan fingerprint density at radius 3 is 1.97 bits per heavy atom. The van der Waals surface area contributed by atoms with E-state index in [1.54, 1.807) is 0 Å². The van der Waals surface area contributed by atoms with Crippen LogP contribution in [0.3, 0.4) is 0 Å². The van der Waals surface area contributed by atoms with Crippen LogP contribution < -0.4 is 10.1 Å². The highest BCUT2D eigenvalue weighted by Crippen LogP contribution is 2.29. The van der Waals surface area contributed by atoms with Gasteiger partial charge in [0.2, 0.25) is 40.7 Å². The highest BCUT2D eigenvalue weighted by atomic mass is 19.2. The van der Waals surface area contributed by atoms with Gasteiger partial charge in [0, 0.05) is 31.7 Å². The smallest absolute Gasteiger partial charge is 0.337 e. The van der Waals surface area contributed by atoms with Gasteiger partial charge < -0.3 is 19.5 Å². The Labute approximate surface area is 183 Å². The Bertz CT molecular complexity index is 923. The van der Waals surface area contributed by atoms with Gasteiger partial charge in [0.05, 0.1) is 19.8 Å². The molecule has 0 spiro atoms. The van der Waals surface area contributed by atoms with Gasteiger partial charge in [-0.2, -0.15) is 8.78 Å². The first kappa shape index (κ1) is 25.9. The summed E-state index contributed by atoms with van der Waals surface area (Å²) < 4.78 is 79.9. The topological polar surface area (TPSA) is 111 Å². The van der Waals surface area contributed by atoms with Crippen LogP contribution in [0.5, 0.6) is 5.75 Å². The van der Waals surface area contributed by atoms with Crippen LogP contribution in [-0.2, 0) is 28.7 Å². The first-order valence-corrected chi connectivity index (χ1v) is 9.31. The molecule has 0 saturated carbocycles. The van der Waals surface area contributed by atoms with Crippen molar-refractivity contribution in [1.29, 1.82) is 0 Å². The molecule has 0 aromatic heterocycles. The molecule has 180 valence electrons. The Balaban J connectivity index is 1.56. The zero-order chi connectivity index (χ0) is 24.5. The van der Waals surface area contributed by atoms with Crippen LogP contribution in [0.25, 0.3) is 0 Å². The van der Waals surface area contributed by atoms with E-state index in [1.807, 2.05) is 0 Å². The number of carbonyl (C=O) groups is 4. The molecule has 14 heteroatoms. The monoisotopic (exact) mass is 480 g/mol. The van der Waals surface area contributed by atoms with Gasteiger partial charge in [-0.05, 0) is 0 Å². The molecule has 1 aromatic carbocycles. The third-order valence-corrected chi connectivity index (χ3v) is 4.01. The Kier molecular flexibility index (Phi) is 9.42. The van der Waals surface area contributed by atoms with Gasteiger partial charge in [0.15, 0.2) is 0 Å². The van der Waals surface area contributed by atoms with E-state index in [0.717, 1.165) is 17.1 Å². The van der Waals surface area contributed by atoms with Crippen molar-refractivity contribution in [2.24, 2.45) is 0 Å². The zero-order valence-electron chi connectivity index (χ0n) is 16.8. The van der Waals surface area contributed by atoms with E-state index >= 15 is 0 Å². The first-order valence-electron chi connectivity index (χ1n) is 9.31. The van der Waals surface area contributed by atoms with Gasteiger partial charge in [-0.25, -0.2) is 18.0 Å². The van der Waals surface area contributed by atoms with Crippen LogP contribution in [0.15, 0.2) is 12.2 Å². The number of hydrogen-bond donors (Lipinski definition) is 1. The van der Waals surface area contributed by atoms with E-state index in [-0.39, 0.29) is 39.3 Å². The molecule has 0 fully saturated rings. The average Bonchev–Trinajstić information content (AvgIpc) is 3.11. The minimum Gasteiger partial charge on any atom is -0.418 e. The van der Waals surface area contributed by atoms with Crippen molar-refractivity contribution in [2.45, 2.75) is 6.42 Å². The van der Waals surface area contributed by atoms with Gasteiger partial charge in [-0.1, -0.05) is 0 Å². The predicted molar refractivity (Wildman–Crippen MR) is 97.0 cm³/mol. The van der Waals surface area contributed by atoms with Crippen LogP contribution in [0, 0.1) is 29.1 Å². The Morgan fingerprint density at radius 1 is 0.818 bits per heavy atom. The molecule has 33 heavy (non-hydrogen) atoms. The predicted octanol–water partition coefficient (Wildman–Crippen LogP) is 0.752.